The SMILES string of the molecule is COC(=O)CCc1cc2cc(F)ccc2[nH]1. The molecule has 1 heterocycles. The second-order valence-electron chi connectivity index (χ2n) is 3.60. The molecule has 0 radical (unpaired) electrons. The van der Waals surface area contributed by atoms with Crippen LogP contribution in [0.3, 0.4) is 0 Å². The van der Waals surface area contributed by atoms with E-state index in [1.54, 1.807) is 6.07 Å². The van der Waals surface area contributed by atoms with Crippen molar-refractivity contribution in [3.63, 3.8) is 0 Å². The number of ether oxygens (including phenoxy) is 1. The number of methoxy groups -OCH3 is 1. The summed E-state index contributed by atoms with van der Waals surface area (Å²) in [5.74, 6) is -0.504. The number of aromatic amines is 1. The summed E-state index contributed by atoms with van der Waals surface area (Å²) in [4.78, 5) is 14.1. The summed E-state index contributed by atoms with van der Waals surface area (Å²) in [5.41, 5.74) is 1.78. The van der Waals surface area contributed by atoms with Gasteiger partial charge in [0.2, 0.25) is 0 Å². The van der Waals surface area contributed by atoms with Crippen molar-refractivity contribution in [1.29, 1.82) is 0 Å². The normalized spacial score (nSPS) is 10.6. The molecule has 0 saturated heterocycles. The number of hydrogen-bond acceptors (Lipinski definition) is 2. The molecule has 1 aromatic heterocycles. The number of hydrogen-bond donors (Lipinski definition) is 1. The minimum Gasteiger partial charge on any atom is -0.469 e. The molecular weight excluding hydrogens is 209 g/mol. The molecule has 0 amide bonds. The molecule has 2 rings (SSSR count). The molecule has 0 aliphatic rings. The minimum atomic E-state index is -0.258. The molecule has 0 spiro atoms. The molecule has 1 N–H and O–H groups in total. The average Bonchev–Trinajstić information content (AvgIpc) is 2.67. The van der Waals surface area contributed by atoms with Gasteiger partial charge in [0, 0.05) is 16.6 Å². The maximum atomic E-state index is 12.9. The van der Waals surface area contributed by atoms with Gasteiger partial charge in [-0.15, -0.1) is 0 Å². The molecule has 16 heavy (non-hydrogen) atoms. The zero-order valence-electron chi connectivity index (χ0n) is 8.92. The molecule has 0 atom stereocenters. The van der Waals surface area contributed by atoms with Crippen LogP contribution in [-0.2, 0) is 16.0 Å². The van der Waals surface area contributed by atoms with Crippen LogP contribution in [0.4, 0.5) is 4.39 Å². The highest BCUT2D eigenvalue weighted by Gasteiger charge is 2.05. The first-order valence-electron chi connectivity index (χ1n) is 5.03. The number of H-pyrrole nitrogens is 1. The number of carbonyl (C=O) groups is 1. The zero-order valence-corrected chi connectivity index (χ0v) is 8.92. The summed E-state index contributed by atoms with van der Waals surface area (Å²) in [6, 6.07) is 6.41. The van der Waals surface area contributed by atoms with Crippen molar-refractivity contribution < 1.29 is 13.9 Å². The quantitative estimate of drug-likeness (QED) is 0.809. The zero-order chi connectivity index (χ0) is 11.5. The lowest BCUT2D eigenvalue weighted by atomic mass is 10.2. The third kappa shape index (κ3) is 2.21. The van der Waals surface area contributed by atoms with E-state index >= 15 is 0 Å². The highest BCUT2D eigenvalue weighted by molar-refractivity contribution is 5.80. The van der Waals surface area contributed by atoms with Crippen molar-refractivity contribution in [2.45, 2.75) is 12.8 Å². The molecule has 3 nitrogen and oxygen atoms in total. The fourth-order valence-electron chi connectivity index (χ4n) is 1.64. The van der Waals surface area contributed by atoms with Gasteiger partial charge in [-0.2, -0.15) is 0 Å². The number of esters is 1. The first-order chi connectivity index (χ1) is 7.69. The van der Waals surface area contributed by atoms with Gasteiger partial charge in [0.15, 0.2) is 0 Å². The fourth-order valence-corrected chi connectivity index (χ4v) is 1.64. The van der Waals surface area contributed by atoms with E-state index in [-0.39, 0.29) is 11.8 Å². The summed E-state index contributed by atoms with van der Waals surface area (Å²) in [6.07, 6.45) is 0.898. The van der Waals surface area contributed by atoms with Gasteiger partial charge in [-0.05, 0) is 30.7 Å². The Morgan fingerprint density at radius 2 is 2.25 bits per heavy atom. The van der Waals surface area contributed by atoms with Gasteiger partial charge in [0.1, 0.15) is 5.82 Å². The molecule has 0 bridgehead atoms. The molecule has 0 saturated carbocycles. The molecule has 2 aromatic rings. The Bertz CT molecular complexity index is 519. The van der Waals surface area contributed by atoms with Crippen LogP contribution in [0.2, 0.25) is 0 Å². The first-order valence-corrected chi connectivity index (χ1v) is 5.03. The maximum absolute atomic E-state index is 12.9. The van der Waals surface area contributed by atoms with Crippen LogP contribution in [0.5, 0.6) is 0 Å². The molecular formula is C12H12FNO2. The smallest absolute Gasteiger partial charge is 0.305 e. The first kappa shape index (κ1) is 10.7. The maximum Gasteiger partial charge on any atom is 0.305 e. The third-order valence-corrected chi connectivity index (χ3v) is 2.46. The van der Waals surface area contributed by atoms with Crippen LogP contribution in [0.25, 0.3) is 10.9 Å². The van der Waals surface area contributed by atoms with Crippen molar-refractivity contribution in [2.24, 2.45) is 0 Å². The van der Waals surface area contributed by atoms with Crippen molar-refractivity contribution in [3.05, 3.63) is 35.8 Å². The van der Waals surface area contributed by atoms with Gasteiger partial charge in [0.25, 0.3) is 0 Å². The van der Waals surface area contributed by atoms with Gasteiger partial charge in [-0.3, -0.25) is 4.79 Å². The number of halogens is 1. The number of fused-ring (bicyclic) bond motifs is 1. The van der Waals surface area contributed by atoms with Crippen molar-refractivity contribution in [1.82, 2.24) is 4.98 Å². The fraction of sp³-hybridized carbons (Fsp3) is 0.250. The monoisotopic (exact) mass is 221 g/mol. The lowest BCUT2D eigenvalue weighted by Gasteiger charge is -1.96. The van der Waals surface area contributed by atoms with Gasteiger partial charge >= 0.3 is 5.97 Å². The number of rotatable bonds is 3. The number of carbonyl (C=O) groups excluding carboxylic acids is 1. The second-order valence-corrected chi connectivity index (χ2v) is 3.60. The Labute approximate surface area is 92.2 Å². The van der Waals surface area contributed by atoms with Crippen LogP contribution < -0.4 is 0 Å². The van der Waals surface area contributed by atoms with E-state index < -0.39 is 0 Å². The Balaban J connectivity index is 2.16. The Hall–Kier alpha value is -1.84. The van der Waals surface area contributed by atoms with E-state index in [2.05, 4.69) is 9.72 Å². The highest BCUT2D eigenvalue weighted by atomic mass is 19.1. The van der Waals surface area contributed by atoms with Crippen LogP contribution in [0.15, 0.2) is 24.3 Å². The predicted molar refractivity (Wildman–Crippen MR) is 58.6 cm³/mol. The van der Waals surface area contributed by atoms with Crippen LogP contribution >= 0.6 is 0 Å². The third-order valence-electron chi connectivity index (χ3n) is 2.46. The summed E-state index contributed by atoms with van der Waals surface area (Å²) >= 11 is 0. The van der Waals surface area contributed by atoms with E-state index in [0.717, 1.165) is 16.6 Å². The number of aryl methyl sites for hydroxylation is 1. The van der Waals surface area contributed by atoms with Crippen molar-refractivity contribution in [2.75, 3.05) is 7.11 Å². The largest absolute Gasteiger partial charge is 0.469 e. The molecule has 84 valence electrons. The molecule has 0 fully saturated rings. The highest BCUT2D eigenvalue weighted by Crippen LogP contribution is 2.17. The number of aromatic nitrogens is 1. The van der Waals surface area contributed by atoms with Gasteiger partial charge in [-0.1, -0.05) is 0 Å². The minimum absolute atomic E-state index is 0.246. The lowest BCUT2D eigenvalue weighted by Crippen LogP contribution is -2.01. The van der Waals surface area contributed by atoms with Crippen LogP contribution in [0, 0.1) is 5.82 Å². The molecule has 4 heteroatoms. The Morgan fingerprint density at radius 3 is 3.00 bits per heavy atom. The van der Waals surface area contributed by atoms with E-state index in [0.29, 0.717) is 12.8 Å². The molecule has 0 aliphatic heterocycles. The summed E-state index contributed by atoms with van der Waals surface area (Å²) < 4.78 is 17.5. The number of nitrogens with one attached hydrogen (secondary N) is 1. The van der Waals surface area contributed by atoms with Crippen molar-refractivity contribution in [3.8, 4) is 0 Å². The number of benzene rings is 1. The Morgan fingerprint density at radius 1 is 1.44 bits per heavy atom. The molecule has 0 unspecified atom stereocenters. The van der Waals surface area contributed by atoms with E-state index in [9.17, 15) is 9.18 Å². The van der Waals surface area contributed by atoms with Crippen LogP contribution in [0.1, 0.15) is 12.1 Å². The summed E-state index contributed by atoms with van der Waals surface area (Å²) in [6.45, 7) is 0. The topological polar surface area (TPSA) is 42.1 Å². The second kappa shape index (κ2) is 4.35. The van der Waals surface area contributed by atoms with Crippen LogP contribution in [-0.4, -0.2) is 18.1 Å². The standard InChI is InChI=1S/C12H12FNO2/c1-16-12(15)5-3-10-7-8-6-9(13)2-4-11(8)14-10/h2,4,6-7,14H,3,5H2,1H3. The van der Waals surface area contributed by atoms with E-state index in [1.807, 2.05) is 6.07 Å². The van der Waals surface area contributed by atoms with E-state index in [1.165, 1.54) is 19.2 Å². The molecule has 1 aromatic carbocycles. The summed E-state index contributed by atoms with van der Waals surface area (Å²) in [5, 5.41) is 0.819. The average molecular weight is 221 g/mol. The predicted octanol–water partition coefficient (Wildman–Crippen LogP) is 2.41. The lowest BCUT2D eigenvalue weighted by molar-refractivity contribution is -0.140. The van der Waals surface area contributed by atoms with Gasteiger partial charge < -0.3 is 9.72 Å². The van der Waals surface area contributed by atoms with Gasteiger partial charge in [-0.25, -0.2) is 4.39 Å². The van der Waals surface area contributed by atoms with Gasteiger partial charge in [0.05, 0.1) is 13.5 Å². The Kier molecular flexibility index (Phi) is 2.90. The molecule has 0 aliphatic carbocycles. The summed E-state index contributed by atoms with van der Waals surface area (Å²) in [7, 11) is 1.36. The van der Waals surface area contributed by atoms with E-state index in [4.69, 9.17) is 0 Å². The van der Waals surface area contributed by atoms with Crippen molar-refractivity contribution >= 4 is 16.9 Å².